The Hall–Kier alpha value is -4.73. The molecule has 0 spiro atoms. The molecule has 0 bridgehead atoms. The van der Waals surface area contributed by atoms with Crippen molar-refractivity contribution in [2.75, 3.05) is 13.1 Å². The van der Waals surface area contributed by atoms with Gasteiger partial charge in [0.2, 0.25) is 29.5 Å². The summed E-state index contributed by atoms with van der Waals surface area (Å²) in [5, 5.41) is 23.1. The molecule has 5 amide bonds. The number of hydrogen-bond donors (Lipinski definition) is 9. The van der Waals surface area contributed by atoms with E-state index in [4.69, 9.17) is 17.2 Å². The first-order valence-electron chi connectivity index (χ1n) is 15.4. The lowest BCUT2D eigenvalue weighted by Gasteiger charge is -2.28. The van der Waals surface area contributed by atoms with Gasteiger partial charge in [0, 0.05) is 13.0 Å². The largest absolute Gasteiger partial charge is 0.480 e. The molecule has 12 N–H and O–H groups in total. The van der Waals surface area contributed by atoms with Gasteiger partial charge in [0.15, 0.2) is 5.96 Å². The van der Waals surface area contributed by atoms with E-state index in [1.165, 1.54) is 0 Å². The van der Waals surface area contributed by atoms with E-state index in [0.717, 1.165) is 6.42 Å². The summed E-state index contributed by atoms with van der Waals surface area (Å²) >= 11 is 0. The first-order valence-corrected chi connectivity index (χ1v) is 15.4. The zero-order valence-corrected chi connectivity index (χ0v) is 26.3. The molecule has 1 aliphatic rings. The van der Waals surface area contributed by atoms with Crippen LogP contribution in [0.5, 0.6) is 0 Å². The summed E-state index contributed by atoms with van der Waals surface area (Å²) in [4.78, 5) is 80.8. The molecule has 0 saturated carbocycles. The van der Waals surface area contributed by atoms with Crippen molar-refractivity contribution in [3.63, 3.8) is 0 Å². The standard InChI is InChI=1S/C30H47N9O7/c1-3-17(2)24(28(44)38-22(29(45)46)15-18-9-5-4-6-10-18)39-27(43)21(16-23(31)40)37-26(42)20(12-8-14-35-30(32)33)36-25(41)19-11-7-13-34-19/h4-6,9-10,17,19-22,24,34H,3,7-8,11-16H2,1-2H3,(H2,31,40)(H,36,41)(H,37,42)(H,38,44)(H,39,43)(H,45,46)(H4,32,33,35)/t17-,19-,20-,21-,22-,24-/m0/s1. The average molecular weight is 646 g/mol. The number of hydrogen-bond acceptors (Lipinski definition) is 8. The number of benzene rings is 1. The topological polar surface area (TPSA) is 273 Å². The third-order valence-electron chi connectivity index (χ3n) is 7.68. The Balaban J connectivity index is 2.21. The van der Waals surface area contributed by atoms with Gasteiger partial charge in [-0.05, 0) is 43.7 Å². The van der Waals surface area contributed by atoms with Crippen molar-refractivity contribution in [1.29, 1.82) is 0 Å². The third kappa shape index (κ3) is 12.7. The van der Waals surface area contributed by atoms with Gasteiger partial charge in [-0.2, -0.15) is 0 Å². The molecule has 6 atom stereocenters. The van der Waals surface area contributed by atoms with Gasteiger partial charge in [0.1, 0.15) is 24.2 Å². The van der Waals surface area contributed by atoms with Gasteiger partial charge in [0.25, 0.3) is 0 Å². The van der Waals surface area contributed by atoms with Crippen molar-refractivity contribution >= 4 is 41.5 Å². The van der Waals surface area contributed by atoms with E-state index in [1.807, 2.05) is 0 Å². The Labute approximate surface area is 268 Å². The molecule has 0 radical (unpaired) electrons. The van der Waals surface area contributed by atoms with Crippen LogP contribution in [0.2, 0.25) is 0 Å². The Kier molecular flexibility index (Phi) is 15.4. The van der Waals surface area contributed by atoms with Crippen LogP contribution in [0.4, 0.5) is 0 Å². The Morgan fingerprint density at radius 1 is 0.935 bits per heavy atom. The molecule has 1 aromatic rings. The fraction of sp³-hybridized carbons (Fsp3) is 0.567. The van der Waals surface area contributed by atoms with Gasteiger partial charge in [-0.3, -0.25) is 29.0 Å². The van der Waals surface area contributed by atoms with Crippen LogP contribution in [0, 0.1) is 5.92 Å². The van der Waals surface area contributed by atoms with Gasteiger partial charge in [-0.15, -0.1) is 0 Å². The van der Waals surface area contributed by atoms with E-state index >= 15 is 0 Å². The first-order chi connectivity index (χ1) is 21.8. The fourth-order valence-electron chi connectivity index (χ4n) is 4.90. The summed E-state index contributed by atoms with van der Waals surface area (Å²) in [6.07, 6.45) is 1.65. The number of carbonyl (C=O) groups excluding carboxylic acids is 5. The third-order valence-corrected chi connectivity index (χ3v) is 7.68. The van der Waals surface area contributed by atoms with Gasteiger partial charge in [-0.1, -0.05) is 50.6 Å². The minimum absolute atomic E-state index is 0.0100. The molecule has 1 saturated heterocycles. The summed E-state index contributed by atoms with van der Waals surface area (Å²) in [6, 6.07) is 3.17. The molecule has 254 valence electrons. The zero-order valence-electron chi connectivity index (χ0n) is 26.3. The van der Waals surface area contributed by atoms with Crippen LogP contribution in [0.1, 0.15) is 57.9 Å². The van der Waals surface area contributed by atoms with Crippen molar-refractivity contribution in [3.8, 4) is 0 Å². The number of carbonyl (C=O) groups is 6. The lowest BCUT2D eigenvalue weighted by molar-refractivity contribution is -0.142. The second-order valence-corrected chi connectivity index (χ2v) is 11.4. The molecule has 1 heterocycles. The lowest BCUT2D eigenvalue weighted by Crippen LogP contribution is -2.60. The number of nitrogens with zero attached hydrogens (tertiary/aromatic N) is 1. The summed E-state index contributed by atoms with van der Waals surface area (Å²) in [7, 11) is 0. The van der Waals surface area contributed by atoms with Crippen molar-refractivity contribution in [3.05, 3.63) is 35.9 Å². The molecule has 16 nitrogen and oxygen atoms in total. The van der Waals surface area contributed by atoms with E-state index in [-0.39, 0.29) is 25.3 Å². The smallest absolute Gasteiger partial charge is 0.326 e. The van der Waals surface area contributed by atoms with E-state index < -0.39 is 78.1 Å². The zero-order chi connectivity index (χ0) is 34.2. The lowest BCUT2D eigenvalue weighted by atomic mass is 9.96. The van der Waals surface area contributed by atoms with Crippen LogP contribution in [-0.4, -0.2) is 89.9 Å². The number of nitrogens with one attached hydrogen (secondary N) is 5. The normalized spacial score (nSPS) is 17.3. The second-order valence-electron chi connectivity index (χ2n) is 11.4. The molecule has 16 heteroatoms. The second kappa shape index (κ2) is 18.9. The molecule has 0 unspecified atom stereocenters. The van der Waals surface area contributed by atoms with Crippen molar-refractivity contribution in [2.24, 2.45) is 28.1 Å². The van der Waals surface area contributed by atoms with Crippen LogP contribution in [0.25, 0.3) is 0 Å². The summed E-state index contributed by atoms with van der Waals surface area (Å²) in [6.45, 7) is 4.32. The highest BCUT2D eigenvalue weighted by Crippen LogP contribution is 2.12. The van der Waals surface area contributed by atoms with Crippen LogP contribution in [0.15, 0.2) is 35.3 Å². The Morgan fingerprint density at radius 3 is 2.15 bits per heavy atom. The fourth-order valence-corrected chi connectivity index (χ4v) is 4.90. The number of rotatable bonds is 19. The van der Waals surface area contributed by atoms with E-state index in [0.29, 0.717) is 31.4 Å². The minimum atomic E-state index is -1.49. The number of aliphatic imine (C=N–C) groups is 1. The van der Waals surface area contributed by atoms with Gasteiger partial charge in [-0.25, -0.2) is 4.79 Å². The number of guanidine groups is 1. The highest BCUT2D eigenvalue weighted by molar-refractivity contribution is 5.97. The van der Waals surface area contributed by atoms with E-state index in [9.17, 15) is 33.9 Å². The maximum atomic E-state index is 13.5. The average Bonchev–Trinajstić information content (AvgIpc) is 3.55. The van der Waals surface area contributed by atoms with Gasteiger partial charge < -0.3 is 48.9 Å². The highest BCUT2D eigenvalue weighted by Gasteiger charge is 2.34. The minimum Gasteiger partial charge on any atom is -0.480 e. The number of carboxylic acid groups (broad SMARTS) is 1. The van der Waals surface area contributed by atoms with E-state index in [2.05, 4.69) is 31.6 Å². The Bertz CT molecular complexity index is 1230. The molecule has 0 aliphatic carbocycles. The molecule has 1 aliphatic heterocycles. The van der Waals surface area contributed by atoms with Crippen LogP contribution >= 0.6 is 0 Å². The highest BCUT2D eigenvalue weighted by atomic mass is 16.4. The predicted molar refractivity (Wildman–Crippen MR) is 170 cm³/mol. The van der Waals surface area contributed by atoms with Crippen molar-refractivity contribution in [2.45, 2.75) is 89.0 Å². The molecule has 1 aromatic carbocycles. The van der Waals surface area contributed by atoms with Crippen LogP contribution in [0.3, 0.4) is 0 Å². The quantitative estimate of drug-likeness (QED) is 0.0452. The van der Waals surface area contributed by atoms with Gasteiger partial charge in [0.05, 0.1) is 12.5 Å². The molecular formula is C30H47N9O7. The first kappa shape index (κ1) is 37.5. The monoisotopic (exact) mass is 645 g/mol. The van der Waals surface area contributed by atoms with Gasteiger partial charge >= 0.3 is 5.97 Å². The number of primary amides is 1. The Morgan fingerprint density at radius 2 is 1.59 bits per heavy atom. The summed E-state index contributed by atoms with van der Waals surface area (Å²) in [5.74, 6) is -5.53. The number of nitrogens with two attached hydrogens (primary N) is 3. The van der Waals surface area contributed by atoms with Crippen LogP contribution < -0.4 is 43.8 Å². The summed E-state index contributed by atoms with van der Waals surface area (Å²) in [5.41, 5.74) is 16.8. The maximum absolute atomic E-state index is 13.5. The molecule has 1 fully saturated rings. The summed E-state index contributed by atoms with van der Waals surface area (Å²) < 4.78 is 0. The number of aliphatic carboxylic acids is 1. The molecule has 0 aromatic heterocycles. The number of amides is 5. The van der Waals surface area contributed by atoms with Crippen LogP contribution in [-0.2, 0) is 35.2 Å². The molecule has 2 rings (SSSR count). The van der Waals surface area contributed by atoms with E-state index in [1.54, 1.807) is 44.2 Å². The predicted octanol–water partition coefficient (Wildman–Crippen LogP) is -2.02. The van der Waals surface area contributed by atoms with Crippen molar-refractivity contribution in [1.82, 2.24) is 26.6 Å². The molecular weight excluding hydrogens is 598 g/mol. The molecule has 46 heavy (non-hydrogen) atoms. The number of carboxylic acids is 1. The SMILES string of the molecule is CC[C@H](C)[C@H](NC(=O)[C@H](CC(N)=O)NC(=O)[C@H](CCCN=C(N)N)NC(=O)[C@@H]1CCCN1)C(=O)N[C@@H](Cc1ccccc1)C(=O)O. The van der Waals surface area contributed by atoms with Crippen molar-refractivity contribution < 1.29 is 33.9 Å². The maximum Gasteiger partial charge on any atom is 0.326 e.